The summed E-state index contributed by atoms with van der Waals surface area (Å²) in [6, 6.07) is 9.75. The molecule has 1 aliphatic carbocycles. The fraction of sp³-hybridized carbons (Fsp3) is 0.407. The van der Waals surface area contributed by atoms with Gasteiger partial charge in [0.1, 0.15) is 5.69 Å². The molecule has 0 spiro atoms. The highest BCUT2D eigenvalue weighted by molar-refractivity contribution is 7.88. The number of piperazine rings is 1. The van der Waals surface area contributed by atoms with Crippen molar-refractivity contribution in [3.8, 4) is 17.2 Å². The van der Waals surface area contributed by atoms with Crippen molar-refractivity contribution in [2.45, 2.75) is 32.1 Å². The van der Waals surface area contributed by atoms with Gasteiger partial charge < -0.3 is 14.4 Å². The number of aromatic nitrogens is 2. The second-order valence-corrected chi connectivity index (χ2v) is 13.1. The summed E-state index contributed by atoms with van der Waals surface area (Å²) in [7, 11) is -3.94. The van der Waals surface area contributed by atoms with Crippen LogP contribution in [0.1, 0.15) is 25.3 Å². The van der Waals surface area contributed by atoms with E-state index < -0.39 is 44.3 Å². The van der Waals surface area contributed by atoms with E-state index in [0.717, 1.165) is 25.0 Å². The van der Waals surface area contributed by atoms with Crippen molar-refractivity contribution in [2.75, 3.05) is 37.7 Å². The maximum atomic E-state index is 13.6. The second-order valence-electron chi connectivity index (χ2n) is 10.7. The fourth-order valence-corrected chi connectivity index (χ4v) is 6.37. The molecule has 0 radical (unpaired) electrons. The molecule has 1 saturated heterocycles. The topological polar surface area (TPSA) is 137 Å². The first kappa shape index (κ1) is 30.6. The predicted molar refractivity (Wildman–Crippen MR) is 154 cm³/mol. The number of rotatable bonds is 11. The van der Waals surface area contributed by atoms with Crippen molar-refractivity contribution < 1.29 is 31.6 Å². The van der Waals surface area contributed by atoms with E-state index in [9.17, 15) is 32.1 Å². The molecular weight excluding hydrogens is 612 g/mol. The van der Waals surface area contributed by atoms with Gasteiger partial charge in [0.05, 0.1) is 29.2 Å². The molecule has 1 aromatic heterocycles. The average molecular weight is 640 g/mol. The van der Waals surface area contributed by atoms with Gasteiger partial charge in [-0.05, 0) is 42.7 Å². The zero-order chi connectivity index (χ0) is 30.9. The molecule has 1 aliphatic heterocycles. The average Bonchev–Trinajstić information content (AvgIpc) is 3.68. The summed E-state index contributed by atoms with van der Waals surface area (Å²) in [6.07, 6.45) is 3.48. The van der Waals surface area contributed by atoms with Gasteiger partial charge in [-0.15, -0.1) is 0 Å². The van der Waals surface area contributed by atoms with Crippen LogP contribution in [0.25, 0.3) is 5.69 Å². The Bertz CT molecular complexity index is 1690. The number of nitro benzene ring substituents is 1. The highest BCUT2D eigenvalue weighted by atomic mass is 35.5. The Morgan fingerprint density at radius 3 is 2.49 bits per heavy atom. The van der Waals surface area contributed by atoms with Crippen LogP contribution in [0.4, 0.5) is 20.2 Å². The van der Waals surface area contributed by atoms with Gasteiger partial charge in [-0.3, -0.25) is 14.9 Å². The van der Waals surface area contributed by atoms with E-state index in [-0.39, 0.29) is 42.9 Å². The molecule has 2 aromatic carbocycles. The largest absolute Gasteiger partial charge is 0.486 e. The summed E-state index contributed by atoms with van der Waals surface area (Å²) in [4.78, 5) is 25.7. The molecule has 2 heterocycles. The lowest BCUT2D eigenvalue weighted by Crippen LogP contribution is -2.49. The molecule has 43 heavy (non-hydrogen) atoms. The Kier molecular flexibility index (Phi) is 8.58. The van der Waals surface area contributed by atoms with Crippen LogP contribution >= 0.6 is 11.6 Å². The highest BCUT2D eigenvalue weighted by Gasteiger charge is 2.39. The lowest BCUT2D eigenvalue weighted by molar-refractivity contribution is -0.386. The summed E-state index contributed by atoms with van der Waals surface area (Å²) in [5, 5.41) is 15.9. The van der Waals surface area contributed by atoms with Gasteiger partial charge in [0.15, 0.2) is 0 Å². The maximum absolute atomic E-state index is 13.6. The molecule has 1 saturated carbocycles. The third-order valence-corrected chi connectivity index (χ3v) is 9.48. The SMILES string of the molecule is CC1(COc2c(N3CCN(S(=O)(=O)Cc4ccc([N+](=O)[O-])c(OC(F)F)c4)CC3)cnn(-c3cccc(Cl)c3)c2=O)CC1. The number of anilines is 1. The van der Waals surface area contributed by atoms with Crippen molar-refractivity contribution in [1.82, 2.24) is 14.1 Å². The number of hydrogen-bond donors (Lipinski definition) is 0. The monoisotopic (exact) mass is 639 g/mol. The van der Waals surface area contributed by atoms with E-state index in [0.29, 0.717) is 23.0 Å². The van der Waals surface area contributed by atoms with Crippen molar-refractivity contribution in [3.63, 3.8) is 0 Å². The van der Waals surface area contributed by atoms with Gasteiger partial charge in [0, 0.05) is 42.7 Å². The lowest BCUT2D eigenvalue weighted by atomic mass is 10.2. The Morgan fingerprint density at radius 1 is 1.14 bits per heavy atom. The normalized spacial score (nSPS) is 16.7. The van der Waals surface area contributed by atoms with Crippen molar-refractivity contribution in [3.05, 3.63) is 79.7 Å². The predicted octanol–water partition coefficient (Wildman–Crippen LogP) is 4.23. The smallest absolute Gasteiger partial charge is 0.387 e. The molecule has 0 atom stereocenters. The molecular formula is C27H28ClF2N5O7S. The number of ether oxygens (including phenoxy) is 2. The maximum Gasteiger partial charge on any atom is 0.387 e. The number of nitrogens with zero attached hydrogens (tertiary/aromatic N) is 5. The molecule has 2 fully saturated rings. The van der Waals surface area contributed by atoms with Crippen LogP contribution in [0.3, 0.4) is 0 Å². The van der Waals surface area contributed by atoms with Crippen LogP contribution in [0.2, 0.25) is 5.02 Å². The second kappa shape index (κ2) is 12.1. The molecule has 5 rings (SSSR count). The van der Waals surface area contributed by atoms with Gasteiger partial charge >= 0.3 is 17.9 Å². The third-order valence-electron chi connectivity index (χ3n) is 7.39. The van der Waals surface area contributed by atoms with Gasteiger partial charge in [0.2, 0.25) is 21.5 Å². The number of halogens is 3. The van der Waals surface area contributed by atoms with E-state index in [1.165, 1.54) is 21.3 Å². The van der Waals surface area contributed by atoms with Crippen LogP contribution in [0, 0.1) is 15.5 Å². The van der Waals surface area contributed by atoms with Gasteiger partial charge in [-0.1, -0.05) is 30.7 Å². The number of benzene rings is 2. The Labute approximate surface area is 250 Å². The summed E-state index contributed by atoms with van der Waals surface area (Å²) in [6.45, 7) is -0.351. The minimum Gasteiger partial charge on any atom is -0.486 e. The first-order valence-electron chi connectivity index (χ1n) is 13.3. The van der Waals surface area contributed by atoms with Gasteiger partial charge in [-0.2, -0.15) is 22.9 Å². The summed E-state index contributed by atoms with van der Waals surface area (Å²) in [5.74, 6) is -1.18. The molecule has 0 amide bonds. The minimum atomic E-state index is -3.94. The minimum absolute atomic E-state index is 0.0152. The Balaban J connectivity index is 1.34. The van der Waals surface area contributed by atoms with Crippen LogP contribution in [-0.2, 0) is 15.8 Å². The van der Waals surface area contributed by atoms with Crippen molar-refractivity contribution in [1.29, 1.82) is 0 Å². The van der Waals surface area contributed by atoms with E-state index >= 15 is 0 Å². The summed E-state index contributed by atoms with van der Waals surface area (Å²) < 4.78 is 64.7. The van der Waals surface area contributed by atoms with E-state index in [2.05, 4.69) is 16.8 Å². The lowest BCUT2D eigenvalue weighted by Gasteiger charge is -2.35. The standard InChI is InChI=1S/C27H28ClF2N5O7S/c1-27(7-8-27)17-41-24-22(15-31-34(25(24)36)20-4-2-3-19(28)14-20)32-9-11-33(12-10-32)43(39,40)16-18-5-6-21(35(37)38)23(13-18)42-26(29)30/h2-6,13-15,26H,7-12,16-17H2,1H3. The first-order valence-corrected chi connectivity index (χ1v) is 15.3. The first-order chi connectivity index (χ1) is 20.3. The zero-order valence-electron chi connectivity index (χ0n) is 23.0. The molecule has 16 heteroatoms. The van der Waals surface area contributed by atoms with Gasteiger partial charge in [0.25, 0.3) is 0 Å². The van der Waals surface area contributed by atoms with E-state index in [1.807, 2.05) is 4.90 Å². The molecule has 230 valence electrons. The molecule has 0 bridgehead atoms. The fourth-order valence-electron chi connectivity index (χ4n) is 4.68. The zero-order valence-corrected chi connectivity index (χ0v) is 24.6. The highest BCUT2D eigenvalue weighted by Crippen LogP contribution is 2.45. The van der Waals surface area contributed by atoms with E-state index in [1.54, 1.807) is 24.3 Å². The molecule has 12 nitrogen and oxygen atoms in total. The quantitative estimate of drug-likeness (QED) is 0.223. The Hall–Kier alpha value is -3.82. The van der Waals surface area contributed by atoms with Crippen LogP contribution in [0.15, 0.2) is 53.5 Å². The summed E-state index contributed by atoms with van der Waals surface area (Å²) in [5.41, 5.74) is -0.223. The van der Waals surface area contributed by atoms with E-state index in [4.69, 9.17) is 16.3 Å². The molecule has 3 aromatic rings. The van der Waals surface area contributed by atoms with Crippen LogP contribution in [-0.4, -0.2) is 66.8 Å². The van der Waals surface area contributed by atoms with Crippen LogP contribution < -0.4 is 19.9 Å². The number of sulfonamides is 1. The van der Waals surface area contributed by atoms with Gasteiger partial charge in [-0.25, -0.2) is 8.42 Å². The number of alkyl halides is 2. The molecule has 2 aliphatic rings. The molecule has 0 N–H and O–H groups in total. The summed E-state index contributed by atoms with van der Waals surface area (Å²) >= 11 is 6.12. The van der Waals surface area contributed by atoms with Crippen LogP contribution in [0.5, 0.6) is 11.5 Å². The van der Waals surface area contributed by atoms with Crippen molar-refractivity contribution >= 4 is 33.0 Å². The Morgan fingerprint density at radius 2 is 1.86 bits per heavy atom. The third kappa shape index (κ3) is 7.05. The van der Waals surface area contributed by atoms with Crippen molar-refractivity contribution in [2.24, 2.45) is 5.41 Å². The molecule has 0 unspecified atom stereocenters. The number of hydrogen-bond acceptors (Lipinski definition) is 9. The number of nitro groups is 1.